The first-order valence-electron chi connectivity index (χ1n) is 9.48. The maximum atomic E-state index is 11.3. The van der Waals surface area contributed by atoms with Crippen LogP contribution < -0.4 is 0 Å². The number of fused-ring (bicyclic) bond motifs is 4. The second kappa shape index (κ2) is 5.78. The Morgan fingerprint density at radius 2 is 1.59 bits per heavy atom. The van der Waals surface area contributed by atoms with Gasteiger partial charge in [-0.25, -0.2) is 4.98 Å². The molecule has 136 valence electrons. The fourth-order valence-corrected chi connectivity index (χ4v) is 4.50. The van der Waals surface area contributed by atoms with E-state index in [1.165, 1.54) is 0 Å². The van der Waals surface area contributed by atoms with Gasteiger partial charge in [-0.15, -0.1) is 0 Å². The molecule has 0 radical (unpaired) electrons. The van der Waals surface area contributed by atoms with Gasteiger partial charge in [0.25, 0.3) is 0 Å². The standard InChI is InChI=1S/C25H15N3O/c26-14-16-10-11-19-23-18(13-12-17(22(16)23)15-6-2-1-3-7-15)24-27-20-8-4-5-9-21(20)28(24)25(19)29/h1-13,25,29H. The number of aliphatic hydroxyl groups excluding tert-OH is 1. The SMILES string of the molecule is N#Cc1ccc2c3c(ccc(-c4ccccc4)c13)-c1nc3ccccc3n1C2O. The van der Waals surface area contributed by atoms with Gasteiger partial charge in [-0.05, 0) is 35.4 Å². The number of hydrogen-bond acceptors (Lipinski definition) is 3. The number of rotatable bonds is 1. The zero-order valence-electron chi connectivity index (χ0n) is 15.4. The van der Waals surface area contributed by atoms with Gasteiger partial charge in [-0.2, -0.15) is 5.26 Å². The molecule has 1 aliphatic heterocycles. The quantitative estimate of drug-likeness (QED) is 0.437. The maximum Gasteiger partial charge on any atom is 0.159 e. The number of nitrogens with zero attached hydrogens (tertiary/aromatic N) is 3. The number of aromatic nitrogens is 2. The zero-order chi connectivity index (χ0) is 19.5. The molecule has 1 aromatic heterocycles. The summed E-state index contributed by atoms with van der Waals surface area (Å²) >= 11 is 0. The molecule has 2 heterocycles. The molecule has 0 aliphatic carbocycles. The van der Waals surface area contributed by atoms with E-state index in [1.807, 2.05) is 65.2 Å². The summed E-state index contributed by atoms with van der Waals surface area (Å²) in [6, 6.07) is 28.0. The molecule has 5 aromatic rings. The molecule has 1 N–H and O–H groups in total. The summed E-state index contributed by atoms with van der Waals surface area (Å²) in [6.45, 7) is 0. The van der Waals surface area contributed by atoms with Gasteiger partial charge in [0, 0.05) is 21.9 Å². The Bertz CT molecular complexity index is 1480. The van der Waals surface area contributed by atoms with Crippen LogP contribution in [0.15, 0.2) is 78.9 Å². The van der Waals surface area contributed by atoms with Crippen molar-refractivity contribution >= 4 is 21.8 Å². The van der Waals surface area contributed by atoms with Crippen molar-refractivity contribution in [1.29, 1.82) is 5.26 Å². The molecule has 4 nitrogen and oxygen atoms in total. The average Bonchev–Trinajstić information content (AvgIpc) is 3.17. The van der Waals surface area contributed by atoms with Crippen molar-refractivity contribution in [3.05, 3.63) is 90.0 Å². The van der Waals surface area contributed by atoms with Gasteiger partial charge in [0.2, 0.25) is 0 Å². The summed E-state index contributed by atoms with van der Waals surface area (Å²) in [5, 5.41) is 22.9. The lowest BCUT2D eigenvalue weighted by atomic mass is 9.87. The lowest BCUT2D eigenvalue weighted by molar-refractivity contribution is 0.152. The Balaban J connectivity index is 1.79. The van der Waals surface area contributed by atoms with Crippen LogP contribution in [0, 0.1) is 11.3 Å². The van der Waals surface area contributed by atoms with E-state index in [0.29, 0.717) is 5.56 Å². The summed E-state index contributed by atoms with van der Waals surface area (Å²) in [5.74, 6) is 0.728. The third-order valence-electron chi connectivity index (χ3n) is 5.76. The monoisotopic (exact) mass is 373 g/mol. The van der Waals surface area contributed by atoms with Crippen molar-refractivity contribution in [1.82, 2.24) is 9.55 Å². The molecule has 0 amide bonds. The third-order valence-corrected chi connectivity index (χ3v) is 5.76. The van der Waals surface area contributed by atoms with Gasteiger partial charge in [0.05, 0.1) is 22.7 Å². The second-order valence-electron chi connectivity index (χ2n) is 7.26. The molecular formula is C25H15N3O. The number of benzene rings is 4. The first-order chi connectivity index (χ1) is 14.3. The highest BCUT2D eigenvalue weighted by Crippen LogP contribution is 2.45. The van der Waals surface area contributed by atoms with Crippen LogP contribution in [0.2, 0.25) is 0 Å². The highest BCUT2D eigenvalue weighted by Gasteiger charge is 2.30. The minimum atomic E-state index is -0.855. The van der Waals surface area contributed by atoms with Gasteiger partial charge in [-0.1, -0.05) is 54.6 Å². The van der Waals surface area contributed by atoms with E-state index in [1.54, 1.807) is 6.07 Å². The summed E-state index contributed by atoms with van der Waals surface area (Å²) in [7, 11) is 0. The summed E-state index contributed by atoms with van der Waals surface area (Å²) in [5.41, 5.74) is 6.10. The fourth-order valence-electron chi connectivity index (χ4n) is 4.50. The van der Waals surface area contributed by atoms with Crippen molar-refractivity contribution in [3.63, 3.8) is 0 Å². The lowest BCUT2D eigenvalue weighted by Crippen LogP contribution is -2.16. The van der Waals surface area contributed by atoms with Crippen molar-refractivity contribution in [3.8, 4) is 28.6 Å². The fraction of sp³-hybridized carbons (Fsp3) is 0.0400. The Kier molecular flexibility index (Phi) is 3.20. The number of nitriles is 1. The van der Waals surface area contributed by atoms with Gasteiger partial charge >= 0.3 is 0 Å². The van der Waals surface area contributed by atoms with Crippen molar-refractivity contribution in [2.75, 3.05) is 0 Å². The molecule has 1 aliphatic rings. The highest BCUT2D eigenvalue weighted by atomic mass is 16.3. The van der Waals surface area contributed by atoms with Crippen LogP contribution in [-0.4, -0.2) is 14.7 Å². The Hall–Kier alpha value is -3.94. The van der Waals surface area contributed by atoms with Crippen molar-refractivity contribution in [2.24, 2.45) is 0 Å². The van der Waals surface area contributed by atoms with E-state index in [9.17, 15) is 10.4 Å². The van der Waals surface area contributed by atoms with Crippen LogP contribution in [-0.2, 0) is 0 Å². The smallest absolute Gasteiger partial charge is 0.159 e. The lowest BCUT2D eigenvalue weighted by Gasteiger charge is -2.26. The van der Waals surface area contributed by atoms with Crippen LogP contribution in [0.1, 0.15) is 17.4 Å². The summed E-state index contributed by atoms with van der Waals surface area (Å²) < 4.78 is 1.88. The molecule has 1 unspecified atom stereocenters. The predicted octanol–water partition coefficient (Wildman–Crippen LogP) is 5.25. The van der Waals surface area contributed by atoms with Gasteiger partial charge in [-0.3, -0.25) is 4.57 Å². The van der Waals surface area contributed by atoms with E-state index in [-0.39, 0.29) is 0 Å². The predicted molar refractivity (Wildman–Crippen MR) is 113 cm³/mol. The van der Waals surface area contributed by atoms with E-state index in [4.69, 9.17) is 4.98 Å². The largest absolute Gasteiger partial charge is 0.369 e. The van der Waals surface area contributed by atoms with Gasteiger partial charge in [0.15, 0.2) is 6.23 Å². The molecule has 29 heavy (non-hydrogen) atoms. The summed E-state index contributed by atoms with van der Waals surface area (Å²) in [6.07, 6.45) is -0.855. The Morgan fingerprint density at radius 1 is 0.828 bits per heavy atom. The van der Waals surface area contributed by atoms with Gasteiger partial charge in [0.1, 0.15) is 5.82 Å². The highest BCUT2D eigenvalue weighted by molar-refractivity contribution is 6.10. The Morgan fingerprint density at radius 3 is 2.41 bits per heavy atom. The number of para-hydroxylation sites is 2. The number of hydrogen-bond donors (Lipinski definition) is 1. The molecule has 4 aromatic carbocycles. The van der Waals surface area contributed by atoms with Crippen LogP contribution >= 0.6 is 0 Å². The van der Waals surface area contributed by atoms with E-state index in [2.05, 4.69) is 18.2 Å². The number of imidazole rings is 1. The summed E-state index contributed by atoms with van der Waals surface area (Å²) in [4.78, 5) is 4.81. The first kappa shape index (κ1) is 16.1. The second-order valence-corrected chi connectivity index (χ2v) is 7.26. The van der Waals surface area contributed by atoms with Crippen molar-refractivity contribution in [2.45, 2.75) is 6.23 Å². The molecular weight excluding hydrogens is 358 g/mol. The van der Waals surface area contributed by atoms with E-state index >= 15 is 0 Å². The topological polar surface area (TPSA) is 61.8 Å². The molecule has 4 heteroatoms. The molecule has 0 saturated heterocycles. The molecule has 6 rings (SSSR count). The molecule has 0 saturated carbocycles. The van der Waals surface area contributed by atoms with Crippen LogP contribution in [0.3, 0.4) is 0 Å². The third kappa shape index (κ3) is 2.08. The molecule has 0 fully saturated rings. The van der Waals surface area contributed by atoms with E-state index in [0.717, 1.165) is 49.9 Å². The van der Waals surface area contributed by atoms with Crippen LogP contribution in [0.25, 0.3) is 44.3 Å². The minimum Gasteiger partial charge on any atom is -0.369 e. The number of aliphatic hydroxyl groups is 1. The zero-order valence-corrected chi connectivity index (χ0v) is 15.4. The van der Waals surface area contributed by atoms with Crippen molar-refractivity contribution < 1.29 is 5.11 Å². The van der Waals surface area contributed by atoms with Gasteiger partial charge < -0.3 is 5.11 Å². The van der Waals surface area contributed by atoms with Crippen LogP contribution in [0.4, 0.5) is 0 Å². The first-order valence-corrected chi connectivity index (χ1v) is 9.48. The molecule has 0 bridgehead atoms. The maximum absolute atomic E-state index is 11.3. The average molecular weight is 373 g/mol. The molecule has 0 spiro atoms. The molecule has 1 atom stereocenters. The van der Waals surface area contributed by atoms with Crippen LogP contribution in [0.5, 0.6) is 0 Å². The normalized spacial score (nSPS) is 14.7. The Labute approximate surface area is 166 Å². The minimum absolute atomic E-state index is 0.598. The van der Waals surface area contributed by atoms with E-state index < -0.39 is 6.23 Å².